The highest BCUT2D eigenvalue weighted by Gasteiger charge is 2.33. The summed E-state index contributed by atoms with van der Waals surface area (Å²) in [7, 11) is 1.57. The Labute approximate surface area is 173 Å². The van der Waals surface area contributed by atoms with Gasteiger partial charge in [-0.05, 0) is 42.5 Å². The van der Waals surface area contributed by atoms with Gasteiger partial charge in [0.1, 0.15) is 22.4 Å². The molecule has 0 radical (unpaired) electrons. The van der Waals surface area contributed by atoms with Gasteiger partial charge in [0.05, 0.1) is 23.4 Å². The van der Waals surface area contributed by atoms with Crippen molar-refractivity contribution in [3.8, 4) is 23.1 Å². The number of nitrogens with zero attached hydrogens (tertiary/aromatic N) is 2. The van der Waals surface area contributed by atoms with Crippen LogP contribution in [0.15, 0.2) is 54.0 Å². The Morgan fingerprint density at radius 3 is 2.59 bits per heavy atom. The van der Waals surface area contributed by atoms with Crippen molar-refractivity contribution in [1.29, 1.82) is 5.26 Å². The number of hydrogen-bond acceptors (Lipinski definition) is 5. The van der Waals surface area contributed by atoms with Crippen LogP contribution in [0.3, 0.4) is 0 Å². The summed E-state index contributed by atoms with van der Waals surface area (Å²) >= 11 is 6.87. The minimum absolute atomic E-state index is 0.154. The standard InChI is InChI=1S/C20H13ClF3N3OS/c1-28-15-5-2-12(3-6-15)18-11-29-19(27-18)13(9-25)10-26-14-4-7-17(21)16(8-14)20(22,23)24/h2-8,10-11,26H,1H3. The highest BCUT2D eigenvalue weighted by atomic mass is 35.5. The fraction of sp³-hybridized carbons (Fsp3) is 0.100. The molecule has 3 aromatic rings. The Balaban J connectivity index is 1.82. The maximum atomic E-state index is 13.0. The molecule has 4 nitrogen and oxygen atoms in total. The SMILES string of the molecule is COc1ccc(-c2csc(C(C#N)=CNc3ccc(Cl)c(C(F)(F)F)c3)n2)cc1. The second-order valence-corrected chi connectivity index (χ2v) is 7.04. The Hall–Kier alpha value is -3.02. The normalized spacial score (nSPS) is 11.8. The molecule has 0 atom stereocenters. The number of nitrogens with one attached hydrogen (secondary N) is 1. The highest BCUT2D eigenvalue weighted by molar-refractivity contribution is 7.11. The summed E-state index contributed by atoms with van der Waals surface area (Å²) in [5.74, 6) is 0.715. The fourth-order valence-corrected chi connectivity index (χ4v) is 3.44. The van der Waals surface area contributed by atoms with E-state index in [1.165, 1.54) is 23.6 Å². The first kappa shape index (κ1) is 20.7. The van der Waals surface area contributed by atoms with E-state index in [0.29, 0.717) is 16.5 Å². The number of thiazole rings is 1. The van der Waals surface area contributed by atoms with Crippen LogP contribution < -0.4 is 10.1 Å². The van der Waals surface area contributed by atoms with Crippen LogP contribution in [0.4, 0.5) is 18.9 Å². The summed E-state index contributed by atoms with van der Waals surface area (Å²) in [6.07, 6.45) is -3.25. The Bertz CT molecular complexity index is 1090. The minimum Gasteiger partial charge on any atom is -0.497 e. The smallest absolute Gasteiger partial charge is 0.417 e. The molecular weight excluding hydrogens is 423 g/mol. The van der Waals surface area contributed by atoms with E-state index >= 15 is 0 Å². The van der Waals surface area contributed by atoms with E-state index in [0.717, 1.165) is 17.7 Å². The van der Waals surface area contributed by atoms with Gasteiger partial charge in [0.2, 0.25) is 0 Å². The monoisotopic (exact) mass is 435 g/mol. The molecule has 29 heavy (non-hydrogen) atoms. The average Bonchev–Trinajstić information content (AvgIpc) is 3.19. The second kappa shape index (κ2) is 8.55. The Kier molecular flexibility index (Phi) is 6.11. The summed E-state index contributed by atoms with van der Waals surface area (Å²) in [6, 6.07) is 12.7. The maximum absolute atomic E-state index is 13.0. The topological polar surface area (TPSA) is 57.9 Å². The van der Waals surface area contributed by atoms with Gasteiger partial charge in [0.15, 0.2) is 0 Å². The molecule has 148 valence electrons. The van der Waals surface area contributed by atoms with Crippen LogP contribution in [-0.2, 0) is 6.18 Å². The predicted octanol–water partition coefficient (Wildman–Crippen LogP) is 6.47. The van der Waals surface area contributed by atoms with Crippen molar-refractivity contribution in [3.05, 3.63) is 69.6 Å². The molecule has 0 spiro atoms. The van der Waals surface area contributed by atoms with Crippen LogP contribution in [0.25, 0.3) is 16.8 Å². The summed E-state index contributed by atoms with van der Waals surface area (Å²) in [4.78, 5) is 4.44. The lowest BCUT2D eigenvalue weighted by Crippen LogP contribution is -2.06. The summed E-state index contributed by atoms with van der Waals surface area (Å²) in [6.45, 7) is 0. The maximum Gasteiger partial charge on any atom is 0.417 e. The number of alkyl halides is 3. The molecule has 1 heterocycles. The third kappa shape index (κ3) is 4.88. The van der Waals surface area contributed by atoms with Crippen molar-refractivity contribution in [1.82, 2.24) is 4.98 Å². The summed E-state index contributed by atoms with van der Waals surface area (Å²) in [5.41, 5.74) is 0.928. The molecule has 0 amide bonds. The Morgan fingerprint density at radius 2 is 1.97 bits per heavy atom. The molecule has 0 unspecified atom stereocenters. The predicted molar refractivity (Wildman–Crippen MR) is 108 cm³/mol. The van der Waals surface area contributed by atoms with Crippen molar-refractivity contribution in [2.45, 2.75) is 6.18 Å². The molecule has 0 aliphatic carbocycles. The van der Waals surface area contributed by atoms with Crippen LogP contribution >= 0.6 is 22.9 Å². The number of anilines is 1. The van der Waals surface area contributed by atoms with Crippen LogP contribution in [0, 0.1) is 11.3 Å². The van der Waals surface area contributed by atoms with Crippen LogP contribution in [0.1, 0.15) is 10.6 Å². The molecular formula is C20H13ClF3N3OS. The van der Waals surface area contributed by atoms with Crippen LogP contribution in [0.2, 0.25) is 5.02 Å². The van der Waals surface area contributed by atoms with Crippen molar-refractivity contribution in [3.63, 3.8) is 0 Å². The van der Waals surface area contributed by atoms with E-state index in [1.807, 2.05) is 18.2 Å². The average molecular weight is 436 g/mol. The number of halogens is 4. The minimum atomic E-state index is -4.57. The lowest BCUT2D eigenvalue weighted by atomic mass is 10.2. The molecule has 0 saturated carbocycles. The molecule has 9 heteroatoms. The molecule has 0 bridgehead atoms. The van der Waals surface area contributed by atoms with Gasteiger partial charge in [0.25, 0.3) is 0 Å². The van der Waals surface area contributed by atoms with E-state index in [2.05, 4.69) is 10.3 Å². The molecule has 3 rings (SSSR count). The van der Waals surface area contributed by atoms with Crippen molar-refractivity contribution >= 4 is 34.2 Å². The number of aromatic nitrogens is 1. The third-order valence-electron chi connectivity index (χ3n) is 3.90. The first-order chi connectivity index (χ1) is 13.8. The van der Waals surface area contributed by atoms with E-state index in [1.54, 1.807) is 24.6 Å². The highest BCUT2D eigenvalue weighted by Crippen LogP contribution is 2.36. The molecule has 1 N–H and O–H groups in total. The summed E-state index contributed by atoms with van der Waals surface area (Å²) < 4.78 is 44.0. The Morgan fingerprint density at radius 1 is 1.24 bits per heavy atom. The molecule has 2 aromatic carbocycles. The van der Waals surface area contributed by atoms with Gasteiger partial charge in [-0.3, -0.25) is 0 Å². The van der Waals surface area contributed by atoms with Gasteiger partial charge >= 0.3 is 6.18 Å². The molecule has 0 aliphatic rings. The zero-order valence-electron chi connectivity index (χ0n) is 14.9. The number of hydrogen-bond donors (Lipinski definition) is 1. The number of ether oxygens (including phenoxy) is 1. The van der Waals surface area contributed by atoms with Gasteiger partial charge in [0, 0.05) is 22.8 Å². The molecule has 0 aliphatic heterocycles. The van der Waals surface area contributed by atoms with E-state index in [-0.39, 0.29) is 11.3 Å². The molecule has 1 aromatic heterocycles. The van der Waals surface area contributed by atoms with Gasteiger partial charge in [-0.2, -0.15) is 18.4 Å². The van der Waals surface area contributed by atoms with E-state index in [9.17, 15) is 18.4 Å². The lowest BCUT2D eigenvalue weighted by Gasteiger charge is -2.10. The lowest BCUT2D eigenvalue weighted by molar-refractivity contribution is -0.137. The largest absolute Gasteiger partial charge is 0.497 e. The van der Waals surface area contributed by atoms with E-state index in [4.69, 9.17) is 16.3 Å². The van der Waals surface area contributed by atoms with Crippen molar-refractivity contribution in [2.24, 2.45) is 0 Å². The van der Waals surface area contributed by atoms with Crippen molar-refractivity contribution < 1.29 is 17.9 Å². The first-order valence-corrected chi connectivity index (χ1v) is 9.41. The van der Waals surface area contributed by atoms with E-state index < -0.39 is 16.8 Å². The van der Waals surface area contributed by atoms with Gasteiger partial charge in [-0.25, -0.2) is 4.98 Å². The van der Waals surface area contributed by atoms with Gasteiger partial charge in [-0.1, -0.05) is 11.6 Å². The van der Waals surface area contributed by atoms with Crippen LogP contribution in [0.5, 0.6) is 5.75 Å². The van der Waals surface area contributed by atoms with Crippen LogP contribution in [-0.4, -0.2) is 12.1 Å². The van der Waals surface area contributed by atoms with Crippen molar-refractivity contribution in [2.75, 3.05) is 12.4 Å². The first-order valence-electron chi connectivity index (χ1n) is 8.15. The zero-order valence-corrected chi connectivity index (χ0v) is 16.5. The summed E-state index contributed by atoms with van der Waals surface area (Å²) in [5, 5.41) is 14.0. The quantitative estimate of drug-likeness (QED) is 0.467. The fourth-order valence-electron chi connectivity index (χ4n) is 2.42. The number of nitriles is 1. The number of allylic oxidation sites excluding steroid dienone is 1. The number of methoxy groups -OCH3 is 1. The number of benzene rings is 2. The number of rotatable bonds is 5. The third-order valence-corrected chi connectivity index (χ3v) is 5.10. The second-order valence-electron chi connectivity index (χ2n) is 5.77. The molecule has 0 fully saturated rings. The van der Waals surface area contributed by atoms with Gasteiger partial charge in [-0.15, -0.1) is 11.3 Å². The zero-order chi connectivity index (χ0) is 21.0. The molecule has 0 saturated heterocycles. The van der Waals surface area contributed by atoms with Gasteiger partial charge < -0.3 is 10.1 Å².